The van der Waals surface area contributed by atoms with Gasteiger partial charge in [0.1, 0.15) is 0 Å². The zero-order chi connectivity index (χ0) is 10.8. The summed E-state index contributed by atoms with van der Waals surface area (Å²) in [6.45, 7) is 0.357. The SMILES string of the molecule is NCc1cc(C2CC2)ccc1NC(=O)O. The van der Waals surface area contributed by atoms with Gasteiger partial charge in [0.15, 0.2) is 0 Å². The fourth-order valence-electron chi connectivity index (χ4n) is 1.69. The first-order chi connectivity index (χ1) is 7.20. The highest BCUT2D eigenvalue weighted by atomic mass is 16.4. The normalized spacial score (nSPS) is 15.0. The molecule has 1 aliphatic rings. The molecule has 4 nitrogen and oxygen atoms in total. The van der Waals surface area contributed by atoms with E-state index in [4.69, 9.17) is 10.8 Å². The average molecular weight is 206 g/mol. The number of nitrogens with two attached hydrogens (primary N) is 1. The Labute approximate surface area is 88.1 Å². The maximum atomic E-state index is 10.5. The van der Waals surface area contributed by atoms with Crippen LogP contribution in [0.1, 0.15) is 29.9 Å². The van der Waals surface area contributed by atoms with Gasteiger partial charge in [0.2, 0.25) is 0 Å². The molecule has 1 saturated carbocycles. The van der Waals surface area contributed by atoms with Crippen LogP contribution in [0.25, 0.3) is 0 Å². The van der Waals surface area contributed by atoms with Crippen LogP contribution >= 0.6 is 0 Å². The molecule has 0 radical (unpaired) electrons. The number of amides is 1. The lowest BCUT2D eigenvalue weighted by atomic mass is 10.1. The highest BCUT2D eigenvalue weighted by Gasteiger charge is 2.23. The number of nitrogens with one attached hydrogen (secondary N) is 1. The highest BCUT2D eigenvalue weighted by molar-refractivity contribution is 5.84. The topological polar surface area (TPSA) is 75.3 Å². The van der Waals surface area contributed by atoms with Crippen LogP contribution in [-0.4, -0.2) is 11.2 Å². The van der Waals surface area contributed by atoms with Crippen LogP contribution in [0.5, 0.6) is 0 Å². The second kappa shape index (κ2) is 3.90. The van der Waals surface area contributed by atoms with Gasteiger partial charge in [0, 0.05) is 12.2 Å². The third-order valence-electron chi connectivity index (χ3n) is 2.64. The lowest BCUT2D eigenvalue weighted by Crippen LogP contribution is -2.11. The van der Waals surface area contributed by atoms with E-state index < -0.39 is 6.09 Å². The monoisotopic (exact) mass is 206 g/mol. The third kappa shape index (κ3) is 2.27. The van der Waals surface area contributed by atoms with E-state index in [0.29, 0.717) is 18.2 Å². The van der Waals surface area contributed by atoms with Crippen molar-refractivity contribution in [3.63, 3.8) is 0 Å². The summed E-state index contributed by atoms with van der Waals surface area (Å²) in [6.07, 6.45) is 1.41. The van der Waals surface area contributed by atoms with Crippen molar-refractivity contribution in [2.24, 2.45) is 5.73 Å². The van der Waals surface area contributed by atoms with Crippen molar-refractivity contribution in [1.29, 1.82) is 0 Å². The number of carbonyl (C=O) groups is 1. The van der Waals surface area contributed by atoms with E-state index in [1.165, 1.54) is 18.4 Å². The largest absolute Gasteiger partial charge is 0.465 e. The van der Waals surface area contributed by atoms with Crippen LogP contribution in [0.4, 0.5) is 10.5 Å². The third-order valence-corrected chi connectivity index (χ3v) is 2.64. The standard InChI is InChI=1S/C11H14N2O2/c12-6-9-5-8(7-1-2-7)3-4-10(9)13-11(14)15/h3-5,7,13H,1-2,6,12H2,(H,14,15). The van der Waals surface area contributed by atoms with Gasteiger partial charge in [0.05, 0.1) is 0 Å². The van der Waals surface area contributed by atoms with Gasteiger partial charge in [0.25, 0.3) is 0 Å². The van der Waals surface area contributed by atoms with E-state index in [9.17, 15) is 4.79 Å². The first-order valence-corrected chi connectivity index (χ1v) is 5.03. The number of benzene rings is 1. The highest BCUT2D eigenvalue weighted by Crippen LogP contribution is 2.40. The minimum absolute atomic E-state index is 0.357. The van der Waals surface area contributed by atoms with Crippen molar-refractivity contribution < 1.29 is 9.90 Å². The van der Waals surface area contributed by atoms with Gasteiger partial charge < -0.3 is 10.8 Å². The molecule has 0 heterocycles. The minimum atomic E-state index is -1.05. The summed E-state index contributed by atoms with van der Waals surface area (Å²) in [5, 5.41) is 11.0. The average Bonchev–Trinajstić information content (AvgIpc) is 3.01. The van der Waals surface area contributed by atoms with E-state index >= 15 is 0 Å². The molecule has 1 amide bonds. The minimum Gasteiger partial charge on any atom is -0.465 e. The van der Waals surface area contributed by atoms with E-state index in [0.717, 1.165) is 5.56 Å². The Morgan fingerprint density at radius 2 is 2.27 bits per heavy atom. The summed E-state index contributed by atoms with van der Waals surface area (Å²) in [4.78, 5) is 10.5. The van der Waals surface area contributed by atoms with Crippen LogP contribution in [0.2, 0.25) is 0 Å². The van der Waals surface area contributed by atoms with Crippen molar-refractivity contribution in [2.75, 3.05) is 5.32 Å². The molecule has 0 aromatic heterocycles. The Morgan fingerprint density at radius 1 is 1.53 bits per heavy atom. The maximum Gasteiger partial charge on any atom is 0.409 e. The summed E-state index contributed by atoms with van der Waals surface area (Å²) in [5.41, 5.74) is 8.31. The molecule has 2 rings (SSSR count). The zero-order valence-electron chi connectivity index (χ0n) is 8.36. The first kappa shape index (κ1) is 9.98. The Morgan fingerprint density at radius 3 is 2.80 bits per heavy atom. The van der Waals surface area contributed by atoms with Crippen LogP contribution in [0.15, 0.2) is 18.2 Å². The van der Waals surface area contributed by atoms with E-state index in [-0.39, 0.29) is 0 Å². The zero-order valence-corrected chi connectivity index (χ0v) is 8.36. The van der Waals surface area contributed by atoms with Crippen molar-refractivity contribution in [1.82, 2.24) is 0 Å². The van der Waals surface area contributed by atoms with Crippen molar-refractivity contribution >= 4 is 11.8 Å². The van der Waals surface area contributed by atoms with Crippen LogP contribution < -0.4 is 11.1 Å². The van der Waals surface area contributed by atoms with Crippen LogP contribution in [-0.2, 0) is 6.54 Å². The Balaban J connectivity index is 2.26. The number of carboxylic acid groups (broad SMARTS) is 1. The molecule has 1 aliphatic carbocycles. The van der Waals surface area contributed by atoms with Crippen LogP contribution in [0, 0.1) is 0 Å². The van der Waals surface area contributed by atoms with Crippen molar-refractivity contribution in [2.45, 2.75) is 25.3 Å². The summed E-state index contributed by atoms with van der Waals surface area (Å²) >= 11 is 0. The predicted molar refractivity (Wildman–Crippen MR) is 58.0 cm³/mol. The molecule has 4 N–H and O–H groups in total. The van der Waals surface area contributed by atoms with E-state index in [2.05, 4.69) is 5.32 Å². The second-order valence-corrected chi connectivity index (χ2v) is 3.83. The molecule has 0 spiro atoms. The molecule has 0 bridgehead atoms. The van der Waals surface area contributed by atoms with Crippen molar-refractivity contribution in [3.8, 4) is 0 Å². The summed E-state index contributed by atoms with van der Waals surface area (Å²) in [7, 11) is 0. The van der Waals surface area contributed by atoms with Gasteiger partial charge in [-0.1, -0.05) is 12.1 Å². The van der Waals surface area contributed by atoms with Gasteiger partial charge in [-0.15, -0.1) is 0 Å². The Bertz CT molecular complexity index is 386. The van der Waals surface area contributed by atoms with Gasteiger partial charge in [-0.2, -0.15) is 0 Å². The molecule has 1 aromatic carbocycles. The molecule has 0 atom stereocenters. The van der Waals surface area contributed by atoms with E-state index in [1.54, 1.807) is 6.07 Å². The molecule has 1 aromatic rings. The molecule has 15 heavy (non-hydrogen) atoms. The molecule has 4 heteroatoms. The van der Waals surface area contributed by atoms with Gasteiger partial charge in [-0.25, -0.2) is 4.79 Å². The van der Waals surface area contributed by atoms with Crippen molar-refractivity contribution in [3.05, 3.63) is 29.3 Å². The summed E-state index contributed by atoms with van der Waals surface area (Å²) in [6, 6.07) is 5.77. The molecule has 0 unspecified atom stereocenters. The fraction of sp³-hybridized carbons (Fsp3) is 0.364. The number of anilines is 1. The quantitative estimate of drug-likeness (QED) is 0.709. The van der Waals surface area contributed by atoms with Gasteiger partial charge >= 0.3 is 6.09 Å². The number of hydrogen-bond donors (Lipinski definition) is 3. The maximum absolute atomic E-state index is 10.5. The Kier molecular flexibility index (Phi) is 2.60. The molecule has 0 aliphatic heterocycles. The molecule has 1 fully saturated rings. The lowest BCUT2D eigenvalue weighted by Gasteiger charge is -2.09. The van der Waals surface area contributed by atoms with Gasteiger partial charge in [-0.05, 0) is 36.0 Å². The molecule has 0 saturated heterocycles. The second-order valence-electron chi connectivity index (χ2n) is 3.83. The smallest absolute Gasteiger partial charge is 0.409 e. The summed E-state index contributed by atoms with van der Waals surface area (Å²) < 4.78 is 0. The molecular formula is C11H14N2O2. The van der Waals surface area contributed by atoms with Crippen LogP contribution in [0.3, 0.4) is 0 Å². The lowest BCUT2D eigenvalue weighted by molar-refractivity contribution is 0.209. The Hall–Kier alpha value is -1.55. The number of rotatable bonds is 3. The fourth-order valence-corrected chi connectivity index (χ4v) is 1.69. The van der Waals surface area contributed by atoms with Gasteiger partial charge in [-0.3, -0.25) is 5.32 Å². The predicted octanol–water partition coefficient (Wildman–Crippen LogP) is 2.11. The first-order valence-electron chi connectivity index (χ1n) is 5.03. The number of hydrogen-bond acceptors (Lipinski definition) is 2. The molecule has 80 valence electrons. The van der Waals surface area contributed by atoms with E-state index in [1.807, 2.05) is 12.1 Å². The molecular weight excluding hydrogens is 192 g/mol. The summed E-state index contributed by atoms with van der Waals surface area (Å²) in [5.74, 6) is 0.661.